The highest BCUT2D eigenvalue weighted by Crippen LogP contribution is 2.49. The summed E-state index contributed by atoms with van der Waals surface area (Å²) in [6.45, 7) is 1.48. The second kappa shape index (κ2) is 7.56. The maximum atomic E-state index is 13.7. The number of hydrogen-bond acceptors (Lipinski definition) is 3. The summed E-state index contributed by atoms with van der Waals surface area (Å²) in [5.74, 6) is 0.129. The Morgan fingerprint density at radius 3 is 2.59 bits per heavy atom. The minimum atomic E-state index is -0.774. The fourth-order valence-corrected chi connectivity index (χ4v) is 6.42. The lowest BCUT2D eigenvalue weighted by atomic mass is 9.70. The van der Waals surface area contributed by atoms with Crippen LogP contribution in [0, 0.1) is 0 Å². The standard InChI is InChI=1S/C28H23BrN2O/c29-25-16-20-8-4-5-9-21(20)22-10-12-24-23(27(22)25)11-13-26(32)28(24,31-15-14-30-18-31)17-19-6-2-1-3-7-19/h1-13,18,25H,14-17H2. The van der Waals surface area contributed by atoms with E-state index in [2.05, 4.69) is 74.4 Å². The van der Waals surface area contributed by atoms with Crippen LogP contribution < -0.4 is 0 Å². The fourth-order valence-electron chi connectivity index (χ4n) is 5.58. The van der Waals surface area contributed by atoms with Gasteiger partial charge in [-0.2, -0.15) is 0 Å². The maximum Gasteiger partial charge on any atom is 0.186 e. The van der Waals surface area contributed by atoms with Crippen LogP contribution >= 0.6 is 15.9 Å². The van der Waals surface area contributed by atoms with Gasteiger partial charge in [0.15, 0.2) is 5.78 Å². The van der Waals surface area contributed by atoms with Crippen molar-refractivity contribution in [3.05, 3.63) is 101 Å². The van der Waals surface area contributed by atoms with Gasteiger partial charge in [0.05, 0.1) is 12.9 Å². The van der Waals surface area contributed by atoms with Gasteiger partial charge in [-0.1, -0.05) is 88.7 Å². The summed E-state index contributed by atoms with van der Waals surface area (Å²) < 4.78 is 0. The monoisotopic (exact) mass is 482 g/mol. The molecule has 0 radical (unpaired) electrons. The molecule has 2 atom stereocenters. The number of hydrogen-bond donors (Lipinski definition) is 0. The third kappa shape index (κ3) is 2.86. The molecule has 6 rings (SSSR count). The molecular formula is C28H23BrN2O. The first kappa shape index (κ1) is 19.7. The molecule has 0 aromatic heterocycles. The van der Waals surface area contributed by atoms with Gasteiger partial charge in [0.25, 0.3) is 0 Å². The summed E-state index contributed by atoms with van der Waals surface area (Å²) in [5, 5.41) is 0. The van der Waals surface area contributed by atoms with E-state index >= 15 is 0 Å². The Hall–Kier alpha value is -2.98. The van der Waals surface area contributed by atoms with Crippen molar-refractivity contribution >= 4 is 34.1 Å². The molecule has 1 heterocycles. The lowest BCUT2D eigenvalue weighted by Crippen LogP contribution is -2.53. The zero-order valence-corrected chi connectivity index (χ0v) is 19.3. The van der Waals surface area contributed by atoms with Gasteiger partial charge in [-0.05, 0) is 51.4 Å². The predicted octanol–water partition coefficient (Wildman–Crippen LogP) is 5.72. The minimum Gasteiger partial charge on any atom is -0.344 e. The van der Waals surface area contributed by atoms with Gasteiger partial charge in [-0.3, -0.25) is 9.79 Å². The zero-order valence-electron chi connectivity index (χ0n) is 17.7. The van der Waals surface area contributed by atoms with E-state index in [1.54, 1.807) is 6.08 Å². The third-order valence-corrected chi connectivity index (χ3v) is 7.83. The van der Waals surface area contributed by atoms with Crippen LogP contribution in [0.4, 0.5) is 0 Å². The SMILES string of the molecule is O=C1C=Cc2c(ccc3c2C(Br)Cc2ccccc2-3)C1(Cc1ccccc1)N1C=NCC1. The molecule has 0 saturated heterocycles. The van der Waals surface area contributed by atoms with Gasteiger partial charge in [-0.25, -0.2) is 0 Å². The normalized spacial score (nSPS) is 23.1. The van der Waals surface area contributed by atoms with E-state index in [-0.39, 0.29) is 10.6 Å². The van der Waals surface area contributed by atoms with Crippen molar-refractivity contribution in [1.29, 1.82) is 0 Å². The third-order valence-electron chi connectivity index (χ3n) is 7.05. The number of fused-ring (bicyclic) bond motifs is 5. The van der Waals surface area contributed by atoms with Crippen molar-refractivity contribution < 1.29 is 4.79 Å². The predicted molar refractivity (Wildman–Crippen MR) is 133 cm³/mol. The Labute approximate surface area is 196 Å². The van der Waals surface area contributed by atoms with Crippen molar-refractivity contribution in [2.45, 2.75) is 23.2 Å². The lowest BCUT2D eigenvalue weighted by molar-refractivity contribution is -0.124. The van der Waals surface area contributed by atoms with E-state index in [4.69, 9.17) is 0 Å². The Kier molecular flexibility index (Phi) is 4.65. The smallest absolute Gasteiger partial charge is 0.186 e. The van der Waals surface area contributed by atoms with E-state index < -0.39 is 5.54 Å². The van der Waals surface area contributed by atoms with E-state index in [1.165, 1.54) is 27.8 Å². The second-order valence-electron chi connectivity index (χ2n) is 8.75. The molecule has 3 aromatic carbocycles. The highest BCUT2D eigenvalue weighted by molar-refractivity contribution is 9.09. The van der Waals surface area contributed by atoms with Crippen LogP contribution in [-0.4, -0.2) is 30.1 Å². The summed E-state index contributed by atoms with van der Waals surface area (Å²) in [7, 11) is 0. The highest BCUT2D eigenvalue weighted by atomic mass is 79.9. The molecule has 1 aliphatic heterocycles. The average Bonchev–Trinajstić information content (AvgIpc) is 3.36. The molecule has 2 aliphatic carbocycles. The van der Waals surface area contributed by atoms with Crippen LogP contribution in [0.2, 0.25) is 0 Å². The van der Waals surface area contributed by atoms with Gasteiger partial charge in [0, 0.05) is 17.8 Å². The summed E-state index contributed by atoms with van der Waals surface area (Å²) in [4.78, 5) is 20.6. The van der Waals surface area contributed by atoms with Crippen LogP contribution in [0.15, 0.2) is 77.8 Å². The first-order valence-electron chi connectivity index (χ1n) is 11.1. The van der Waals surface area contributed by atoms with Gasteiger partial charge in [0.1, 0.15) is 5.54 Å². The molecule has 0 bridgehead atoms. The molecule has 0 N–H and O–H groups in total. The number of nitrogens with zero attached hydrogens (tertiary/aromatic N) is 2. The molecule has 3 aromatic rings. The van der Waals surface area contributed by atoms with Crippen LogP contribution in [-0.2, 0) is 23.2 Å². The van der Waals surface area contributed by atoms with Crippen molar-refractivity contribution in [2.75, 3.05) is 13.1 Å². The summed E-state index contributed by atoms with van der Waals surface area (Å²) >= 11 is 3.98. The van der Waals surface area contributed by atoms with Crippen molar-refractivity contribution in [2.24, 2.45) is 4.99 Å². The number of carbonyl (C=O) groups is 1. The number of carbonyl (C=O) groups excluding carboxylic acids is 1. The van der Waals surface area contributed by atoms with Gasteiger partial charge >= 0.3 is 0 Å². The molecule has 3 nitrogen and oxygen atoms in total. The number of alkyl halides is 1. The number of benzene rings is 3. The van der Waals surface area contributed by atoms with E-state index in [0.29, 0.717) is 6.42 Å². The van der Waals surface area contributed by atoms with Gasteiger partial charge in [-0.15, -0.1) is 0 Å². The first-order chi connectivity index (χ1) is 15.7. The maximum absolute atomic E-state index is 13.7. The van der Waals surface area contributed by atoms with Gasteiger partial charge < -0.3 is 4.90 Å². The number of aliphatic imine (C=N–C) groups is 1. The van der Waals surface area contributed by atoms with Crippen molar-refractivity contribution in [1.82, 2.24) is 4.90 Å². The highest BCUT2D eigenvalue weighted by Gasteiger charge is 2.48. The Balaban J connectivity index is 1.60. The Bertz CT molecular complexity index is 1280. The molecule has 2 unspecified atom stereocenters. The number of rotatable bonds is 3. The van der Waals surface area contributed by atoms with Crippen molar-refractivity contribution in [3.8, 4) is 11.1 Å². The topological polar surface area (TPSA) is 32.7 Å². The van der Waals surface area contributed by atoms with Gasteiger partial charge in [0.2, 0.25) is 0 Å². The lowest BCUT2D eigenvalue weighted by Gasteiger charge is -2.44. The zero-order chi connectivity index (χ0) is 21.7. The first-order valence-corrected chi connectivity index (χ1v) is 12.0. The molecule has 32 heavy (non-hydrogen) atoms. The molecule has 158 valence electrons. The molecule has 0 fully saturated rings. The van der Waals surface area contributed by atoms with Crippen LogP contribution in [0.1, 0.15) is 32.6 Å². The molecular weight excluding hydrogens is 460 g/mol. The van der Waals surface area contributed by atoms with E-state index in [1.807, 2.05) is 30.6 Å². The molecule has 3 aliphatic rings. The van der Waals surface area contributed by atoms with Crippen molar-refractivity contribution in [3.63, 3.8) is 0 Å². The molecule has 4 heteroatoms. The minimum absolute atomic E-state index is 0.129. The van der Waals surface area contributed by atoms with Crippen LogP contribution in [0.25, 0.3) is 17.2 Å². The summed E-state index contributed by atoms with van der Waals surface area (Å²) in [6.07, 6.45) is 7.27. The van der Waals surface area contributed by atoms with Crippen LogP contribution in [0.5, 0.6) is 0 Å². The largest absolute Gasteiger partial charge is 0.344 e. The summed E-state index contributed by atoms with van der Waals surface area (Å²) in [5.41, 5.74) is 7.85. The average molecular weight is 483 g/mol. The quantitative estimate of drug-likeness (QED) is 0.447. The second-order valence-corrected chi connectivity index (χ2v) is 9.86. The Morgan fingerprint density at radius 1 is 0.969 bits per heavy atom. The molecule has 0 saturated carbocycles. The Morgan fingerprint density at radius 2 is 1.78 bits per heavy atom. The van der Waals surface area contributed by atoms with E-state index in [0.717, 1.165) is 30.6 Å². The number of ketones is 1. The molecule has 0 spiro atoms. The molecule has 0 amide bonds. The fraction of sp³-hybridized carbons (Fsp3) is 0.214. The van der Waals surface area contributed by atoms with E-state index in [9.17, 15) is 4.79 Å². The van der Waals surface area contributed by atoms with Crippen LogP contribution in [0.3, 0.4) is 0 Å². The summed E-state index contributed by atoms with van der Waals surface area (Å²) in [6, 6.07) is 23.4. The number of halogens is 1.